The van der Waals surface area contributed by atoms with Crippen LogP contribution in [0.25, 0.3) is 0 Å². The molecule has 8 heteroatoms. The molecule has 3 heterocycles. The summed E-state index contributed by atoms with van der Waals surface area (Å²) in [5.74, 6) is 3.64. The number of aryl methyl sites for hydroxylation is 1. The Hall–Kier alpha value is -1.80. The van der Waals surface area contributed by atoms with E-state index < -0.39 is 0 Å². The molecule has 2 fully saturated rings. The van der Waals surface area contributed by atoms with Gasteiger partial charge in [-0.2, -0.15) is 5.10 Å². The highest BCUT2D eigenvalue weighted by molar-refractivity contribution is 4.98. The lowest BCUT2D eigenvalue weighted by Gasteiger charge is -2.30. The van der Waals surface area contributed by atoms with E-state index in [1.807, 2.05) is 0 Å². The van der Waals surface area contributed by atoms with Crippen molar-refractivity contribution < 1.29 is 9.15 Å². The van der Waals surface area contributed by atoms with Crippen LogP contribution in [0.3, 0.4) is 0 Å². The molecule has 0 unspecified atom stereocenters. The second kappa shape index (κ2) is 6.98. The Morgan fingerprint density at radius 2 is 2.21 bits per heavy atom. The van der Waals surface area contributed by atoms with Gasteiger partial charge >= 0.3 is 0 Å². The van der Waals surface area contributed by atoms with Gasteiger partial charge in [-0.3, -0.25) is 10.00 Å². The predicted octanol–water partition coefficient (Wildman–Crippen LogP) is 1.98. The summed E-state index contributed by atoms with van der Waals surface area (Å²) in [4.78, 5) is 6.81. The van der Waals surface area contributed by atoms with E-state index in [4.69, 9.17) is 9.15 Å². The third-order valence-corrected chi connectivity index (χ3v) is 4.77. The van der Waals surface area contributed by atoms with Gasteiger partial charge in [-0.05, 0) is 19.3 Å². The molecule has 24 heavy (non-hydrogen) atoms. The topological polar surface area (TPSA) is 93.0 Å². The van der Waals surface area contributed by atoms with E-state index in [-0.39, 0.29) is 6.10 Å². The van der Waals surface area contributed by atoms with Gasteiger partial charge in [-0.15, -0.1) is 10.2 Å². The lowest BCUT2D eigenvalue weighted by Crippen LogP contribution is -2.38. The molecule has 0 aromatic carbocycles. The van der Waals surface area contributed by atoms with Crippen LogP contribution < -0.4 is 0 Å². The minimum Gasteiger partial charge on any atom is -0.424 e. The van der Waals surface area contributed by atoms with Crippen LogP contribution in [0, 0.1) is 0 Å². The van der Waals surface area contributed by atoms with E-state index >= 15 is 0 Å². The second-order valence-corrected chi connectivity index (χ2v) is 6.65. The Balaban J connectivity index is 1.36. The molecule has 2 aromatic rings. The van der Waals surface area contributed by atoms with Crippen LogP contribution in [-0.4, -0.2) is 50.0 Å². The van der Waals surface area contributed by atoms with Crippen molar-refractivity contribution in [3.63, 3.8) is 0 Å². The Labute approximate surface area is 141 Å². The number of rotatable bonds is 6. The van der Waals surface area contributed by atoms with Gasteiger partial charge in [-0.1, -0.05) is 13.3 Å². The molecule has 2 aliphatic rings. The molecule has 4 rings (SSSR count). The first-order valence-corrected chi connectivity index (χ1v) is 8.89. The summed E-state index contributed by atoms with van der Waals surface area (Å²) in [6.07, 6.45) is 5.47. The largest absolute Gasteiger partial charge is 0.424 e. The molecule has 1 atom stereocenters. The highest BCUT2D eigenvalue weighted by Crippen LogP contribution is 2.35. The minimum atomic E-state index is -0.102. The molecular formula is C16H24N6O2. The van der Waals surface area contributed by atoms with E-state index in [1.54, 1.807) is 0 Å². The quantitative estimate of drug-likeness (QED) is 0.864. The van der Waals surface area contributed by atoms with E-state index in [1.165, 1.54) is 19.3 Å². The molecule has 0 radical (unpaired) electrons. The fraction of sp³-hybridized carbons (Fsp3) is 0.750. The highest BCUT2D eigenvalue weighted by atomic mass is 16.5. The van der Waals surface area contributed by atoms with Crippen LogP contribution in [0.1, 0.15) is 68.1 Å². The lowest BCUT2D eigenvalue weighted by atomic mass is 9.85. The zero-order chi connectivity index (χ0) is 16.4. The normalized spacial score (nSPS) is 22.6. The summed E-state index contributed by atoms with van der Waals surface area (Å²) >= 11 is 0. The van der Waals surface area contributed by atoms with Crippen molar-refractivity contribution in [3.05, 3.63) is 23.4 Å². The Kier molecular flexibility index (Phi) is 4.57. The van der Waals surface area contributed by atoms with Crippen LogP contribution in [-0.2, 0) is 17.7 Å². The molecule has 1 aliphatic carbocycles. The van der Waals surface area contributed by atoms with E-state index in [9.17, 15) is 0 Å². The average Bonchev–Trinajstić information content (AvgIpc) is 3.16. The van der Waals surface area contributed by atoms with E-state index in [0.29, 0.717) is 25.0 Å². The van der Waals surface area contributed by atoms with Crippen LogP contribution >= 0.6 is 0 Å². The molecule has 2 aromatic heterocycles. The van der Waals surface area contributed by atoms with Crippen LogP contribution in [0.5, 0.6) is 0 Å². The third-order valence-electron chi connectivity index (χ3n) is 4.77. The summed E-state index contributed by atoms with van der Waals surface area (Å²) < 4.78 is 11.7. The van der Waals surface area contributed by atoms with Crippen molar-refractivity contribution in [2.75, 3.05) is 19.7 Å². The molecule has 130 valence electrons. The second-order valence-electron chi connectivity index (χ2n) is 6.65. The summed E-state index contributed by atoms with van der Waals surface area (Å²) in [6.45, 7) is 5.04. The highest BCUT2D eigenvalue weighted by Gasteiger charge is 2.28. The van der Waals surface area contributed by atoms with Crippen molar-refractivity contribution in [3.8, 4) is 0 Å². The molecule has 1 aliphatic heterocycles. The standard InChI is InChI=1S/C16H24N6O2/c1-2-4-13-17-15(20-18-13)12-9-22(7-8-23-12)10-14-19-21-16(24-14)11-5-3-6-11/h11-12H,2-10H2,1H3,(H,17,18,20)/t12-/m0/s1. The third kappa shape index (κ3) is 3.34. The van der Waals surface area contributed by atoms with Crippen molar-refractivity contribution in [2.24, 2.45) is 0 Å². The number of morpholine rings is 1. The summed E-state index contributed by atoms with van der Waals surface area (Å²) in [5, 5.41) is 15.7. The van der Waals surface area contributed by atoms with Gasteiger partial charge in [0.25, 0.3) is 0 Å². The van der Waals surface area contributed by atoms with Gasteiger partial charge < -0.3 is 9.15 Å². The number of nitrogens with zero attached hydrogens (tertiary/aromatic N) is 5. The Morgan fingerprint density at radius 1 is 1.29 bits per heavy atom. The smallest absolute Gasteiger partial charge is 0.230 e. The van der Waals surface area contributed by atoms with E-state index in [0.717, 1.165) is 43.5 Å². The zero-order valence-corrected chi connectivity index (χ0v) is 14.1. The van der Waals surface area contributed by atoms with Crippen molar-refractivity contribution >= 4 is 0 Å². The minimum absolute atomic E-state index is 0.102. The van der Waals surface area contributed by atoms with Gasteiger partial charge in [0.2, 0.25) is 11.8 Å². The van der Waals surface area contributed by atoms with Gasteiger partial charge in [0.15, 0.2) is 5.82 Å². The predicted molar refractivity (Wildman–Crippen MR) is 85.2 cm³/mol. The maximum atomic E-state index is 5.84. The fourth-order valence-electron chi connectivity index (χ4n) is 3.15. The lowest BCUT2D eigenvalue weighted by molar-refractivity contribution is -0.0393. The van der Waals surface area contributed by atoms with Crippen molar-refractivity contribution in [1.82, 2.24) is 30.3 Å². The van der Waals surface area contributed by atoms with Gasteiger partial charge in [0, 0.05) is 25.4 Å². The van der Waals surface area contributed by atoms with Crippen LogP contribution in [0.4, 0.5) is 0 Å². The number of hydrogen-bond acceptors (Lipinski definition) is 7. The number of H-pyrrole nitrogens is 1. The van der Waals surface area contributed by atoms with Crippen molar-refractivity contribution in [2.45, 2.75) is 57.6 Å². The van der Waals surface area contributed by atoms with Gasteiger partial charge in [0.05, 0.1) is 13.2 Å². The van der Waals surface area contributed by atoms with Crippen molar-refractivity contribution in [1.29, 1.82) is 0 Å². The first kappa shape index (κ1) is 15.7. The fourth-order valence-corrected chi connectivity index (χ4v) is 3.15. The molecule has 0 spiro atoms. The molecule has 1 saturated heterocycles. The molecule has 0 amide bonds. The summed E-state index contributed by atoms with van der Waals surface area (Å²) in [5.41, 5.74) is 0. The number of aromatic nitrogens is 5. The van der Waals surface area contributed by atoms with Gasteiger partial charge in [0.1, 0.15) is 11.9 Å². The maximum Gasteiger partial charge on any atom is 0.230 e. The summed E-state index contributed by atoms with van der Waals surface area (Å²) in [7, 11) is 0. The Bertz CT molecular complexity index is 665. The maximum absolute atomic E-state index is 5.84. The first-order valence-electron chi connectivity index (χ1n) is 8.89. The monoisotopic (exact) mass is 332 g/mol. The zero-order valence-electron chi connectivity index (χ0n) is 14.1. The van der Waals surface area contributed by atoms with E-state index in [2.05, 4.69) is 37.2 Å². The van der Waals surface area contributed by atoms with Crippen LogP contribution in [0.15, 0.2) is 4.42 Å². The summed E-state index contributed by atoms with van der Waals surface area (Å²) in [6, 6.07) is 0. The molecule has 1 N–H and O–H groups in total. The molecular weight excluding hydrogens is 308 g/mol. The number of aromatic amines is 1. The Morgan fingerprint density at radius 3 is 3.00 bits per heavy atom. The number of ether oxygens (including phenoxy) is 1. The molecule has 0 bridgehead atoms. The molecule has 1 saturated carbocycles. The average molecular weight is 332 g/mol. The number of hydrogen-bond donors (Lipinski definition) is 1. The number of nitrogens with one attached hydrogen (secondary N) is 1. The molecule has 8 nitrogen and oxygen atoms in total. The van der Waals surface area contributed by atoms with Gasteiger partial charge in [-0.25, -0.2) is 4.98 Å². The SMILES string of the molecule is CCCc1nc([C@@H]2CN(Cc3nnc(C4CCC4)o3)CCO2)n[nH]1. The first-order chi connectivity index (χ1) is 11.8. The van der Waals surface area contributed by atoms with Crippen LogP contribution in [0.2, 0.25) is 0 Å².